The van der Waals surface area contributed by atoms with E-state index in [0.29, 0.717) is 4.77 Å². The fourth-order valence-electron chi connectivity index (χ4n) is 2.89. The Morgan fingerprint density at radius 2 is 1.73 bits per heavy atom. The molecule has 6 nitrogen and oxygen atoms in total. The molecule has 1 aliphatic rings. The number of aromatic nitrogens is 2. The Labute approximate surface area is 134 Å². The minimum Gasteiger partial charge on any atom is -0.461 e. The number of H-pyrrole nitrogens is 1. The van der Waals surface area contributed by atoms with Crippen molar-refractivity contribution >= 4 is 24.2 Å². The molecule has 7 heteroatoms. The van der Waals surface area contributed by atoms with Gasteiger partial charge in [0.15, 0.2) is 16.2 Å². The number of rotatable bonds is 5. The number of carbonyl (C=O) groups is 2. The first-order valence-electron chi connectivity index (χ1n) is 7.78. The lowest BCUT2D eigenvalue weighted by Crippen LogP contribution is -2.22. The highest BCUT2D eigenvalue weighted by molar-refractivity contribution is 7.71. The number of hydrogen-bond acceptors (Lipinski definition) is 5. The van der Waals surface area contributed by atoms with Crippen molar-refractivity contribution in [1.29, 1.82) is 0 Å². The smallest absolute Gasteiger partial charge is 0.357 e. The maximum absolute atomic E-state index is 12.3. The number of esters is 2. The van der Waals surface area contributed by atoms with Crippen molar-refractivity contribution in [2.24, 2.45) is 0 Å². The van der Waals surface area contributed by atoms with Crippen LogP contribution in [0.4, 0.5) is 0 Å². The Morgan fingerprint density at radius 1 is 1.14 bits per heavy atom. The van der Waals surface area contributed by atoms with Crippen LogP contribution in [0.15, 0.2) is 0 Å². The maximum atomic E-state index is 12.3. The van der Waals surface area contributed by atoms with Crippen molar-refractivity contribution in [2.75, 3.05) is 13.2 Å². The second-order valence-electron chi connectivity index (χ2n) is 5.26. The highest BCUT2D eigenvalue weighted by Crippen LogP contribution is 2.31. The largest absolute Gasteiger partial charge is 0.461 e. The molecule has 0 spiro atoms. The van der Waals surface area contributed by atoms with E-state index < -0.39 is 11.9 Å². The molecular weight excluding hydrogens is 304 g/mol. The van der Waals surface area contributed by atoms with E-state index in [9.17, 15) is 9.59 Å². The van der Waals surface area contributed by atoms with E-state index in [0.717, 1.165) is 25.7 Å². The van der Waals surface area contributed by atoms with Gasteiger partial charge in [0.05, 0.1) is 13.2 Å². The molecule has 1 aromatic heterocycles. The van der Waals surface area contributed by atoms with E-state index in [2.05, 4.69) is 4.98 Å². The second kappa shape index (κ2) is 7.58. The lowest BCUT2D eigenvalue weighted by Gasteiger charge is -2.24. The van der Waals surface area contributed by atoms with E-state index >= 15 is 0 Å². The van der Waals surface area contributed by atoms with E-state index in [-0.39, 0.29) is 30.6 Å². The average molecular weight is 326 g/mol. The third-order valence-electron chi connectivity index (χ3n) is 3.82. The van der Waals surface area contributed by atoms with Gasteiger partial charge in [-0.3, -0.25) is 0 Å². The van der Waals surface area contributed by atoms with Gasteiger partial charge in [-0.1, -0.05) is 19.3 Å². The average Bonchev–Trinajstić information content (AvgIpc) is 2.86. The van der Waals surface area contributed by atoms with E-state index in [1.165, 1.54) is 6.42 Å². The van der Waals surface area contributed by atoms with Crippen LogP contribution in [-0.4, -0.2) is 34.7 Å². The van der Waals surface area contributed by atoms with Crippen molar-refractivity contribution in [3.63, 3.8) is 0 Å². The minimum absolute atomic E-state index is 0.0934. The highest BCUT2D eigenvalue weighted by Gasteiger charge is 2.30. The molecule has 0 atom stereocenters. The summed E-state index contributed by atoms with van der Waals surface area (Å²) in [5, 5.41) is 0. The van der Waals surface area contributed by atoms with Crippen molar-refractivity contribution in [3.05, 3.63) is 16.2 Å². The van der Waals surface area contributed by atoms with Crippen LogP contribution in [0.25, 0.3) is 0 Å². The van der Waals surface area contributed by atoms with Crippen molar-refractivity contribution in [2.45, 2.75) is 52.0 Å². The van der Waals surface area contributed by atoms with Crippen molar-refractivity contribution in [3.8, 4) is 0 Å². The van der Waals surface area contributed by atoms with Crippen molar-refractivity contribution < 1.29 is 19.1 Å². The van der Waals surface area contributed by atoms with Gasteiger partial charge in [-0.25, -0.2) is 9.59 Å². The number of imidazole rings is 1. The Hall–Kier alpha value is -1.63. The molecule has 2 rings (SSSR count). The predicted octanol–water partition coefficient (Wildman–Crippen LogP) is 3.40. The van der Waals surface area contributed by atoms with E-state index in [4.69, 9.17) is 21.7 Å². The zero-order valence-electron chi connectivity index (χ0n) is 13.0. The standard InChI is InChI=1S/C15H22N2O4S/c1-3-20-13(18)11-12(14(19)21-4-2)17(15(22)16-11)10-8-6-5-7-9-10/h10H,3-9H2,1-2H3,(H,16,22). The molecule has 1 heterocycles. The Balaban J connectivity index is 2.48. The molecule has 0 amide bonds. The summed E-state index contributed by atoms with van der Waals surface area (Å²) in [4.78, 5) is 27.3. The number of aromatic amines is 1. The summed E-state index contributed by atoms with van der Waals surface area (Å²) in [6, 6.07) is 0.125. The molecule has 1 aromatic rings. The molecule has 1 saturated carbocycles. The third-order valence-corrected chi connectivity index (χ3v) is 4.12. The first-order chi connectivity index (χ1) is 10.6. The van der Waals surface area contributed by atoms with Gasteiger partial charge < -0.3 is 19.0 Å². The molecule has 0 saturated heterocycles. The fraction of sp³-hybridized carbons (Fsp3) is 0.667. The molecule has 0 bridgehead atoms. The van der Waals surface area contributed by atoms with Crippen LogP contribution in [0.1, 0.15) is 73.0 Å². The summed E-state index contributed by atoms with van der Waals surface area (Å²) in [6.07, 6.45) is 5.26. The summed E-state index contributed by atoms with van der Waals surface area (Å²) in [6.45, 7) is 3.92. The van der Waals surface area contributed by atoms with Gasteiger partial charge in [-0.2, -0.15) is 0 Å². The number of nitrogens with zero attached hydrogens (tertiary/aromatic N) is 1. The number of hydrogen-bond donors (Lipinski definition) is 1. The summed E-state index contributed by atoms with van der Waals surface area (Å²) in [5.41, 5.74) is 0.285. The van der Waals surface area contributed by atoms with Crippen LogP contribution < -0.4 is 0 Å². The predicted molar refractivity (Wildman–Crippen MR) is 83.7 cm³/mol. The Morgan fingerprint density at radius 3 is 2.32 bits per heavy atom. The van der Waals surface area contributed by atoms with Crippen LogP contribution in [0.3, 0.4) is 0 Å². The van der Waals surface area contributed by atoms with Crippen LogP contribution in [0, 0.1) is 4.77 Å². The van der Waals surface area contributed by atoms with Gasteiger partial charge in [0, 0.05) is 6.04 Å². The summed E-state index contributed by atoms with van der Waals surface area (Å²) >= 11 is 5.34. The minimum atomic E-state index is -0.578. The molecule has 0 aliphatic heterocycles. The quantitative estimate of drug-likeness (QED) is 0.663. The van der Waals surface area contributed by atoms with E-state index in [1.807, 2.05) is 0 Å². The summed E-state index contributed by atoms with van der Waals surface area (Å²) < 4.78 is 12.2. The first-order valence-corrected chi connectivity index (χ1v) is 8.19. The lowest BCUT2D eigenvalue weighted by molar-refractivity contribution is 0.0464. The van der Waals surface area contributed by atoms with Gasteiger partial charge in [-0.05, 0) is 38.9 Å². The van der Waals surface area contributed by atoms with Crippen molar-refractivity contribution in [1.82, 2.24) is 9.55 Å². The molecule has 0 unspecified atom stereocenters. The molecule has 1 N–H and O–H groups in total. The molecule has 1 fully saturated rings. The molecular formula is C15H22N2O4S. The first kappa shape index (κ1) is 16.7. The Bertz CT molecular complexity index is 599. The van der Waals surface area contributed by atoms with Crippen LogP contribution >= 0.6 is 12.2 Å². The van der Waals surface area contributed by atoms with E-state index in [1.54, 1.807) is 18.4 Å². The maximum Gasteiger partial charge on any atom is 0.357 e. The Kier molecular flexibility index (Phi) is 5.76. The van der Waals surface area contributed by atoms with Crippen LogP contribution in [0.2, 0.25) is 0 Å². The van der Waals surface area contributed by atoms with Crippen LogP contribution in [0.5, 0.6) is 0 Å². The normalized spacial score (nSPS) is 15.5. The number of nitrogens with one attached hydrogen (secondary N) is 1. The molecule has 0 radical (unpaired) electrons. The molecule has 122 valence electrons. The topological polar surface area (TPSA) is 73.3 Å². The fourth-order valence-corrected chi connectivity index (χ4v) is 3.23. The second-order valence-corrected chi connectivity index (χ2v) is 5.64. The SMILES string of the molecule is CCOC(=O)c1[nH]c(=S)n(C2CCCCC2)c1C(=O)OCC. The molecule has 22 heavy (non-hydrogen) atoms. The number of ether oxygens (including phenoxy) is 2. The molecule has 0 aromatic carbocycles. The monoisotopic (exact) mass is 326 g/mol. The summed E-state index contributed by atoms with van der Waals surface area (Å²) in [7, 11) is 0. The van der Waals surface area contributed by atoms with Gasteiger partial charge >= 0.3 is 11.9 Å². The summed E-state index contributed by atoms with van der Waals surface area (Å²) in [5.74, 6) is -1.12. The van der Waals surface area contributed by atoms with Gasteiger partial charge in [0.2, 0.25) is 0 Å². The zero-order chi connectivity index (χ0) is 16.1. The van der Waals surface area contributed by atoms with Gasteiger partial charge in [0.25, 0.3) is 0 Å². The zero-order valence-corrected chi connectivity index (χ0v) is 13.8. The lowest BCUT2D eigenvalue weighted by atomic mass is 9.95. The molecule has 1 aliphatic carbocycles. The van der Waals surface area contributed by atoms with Gasteiger partial charge in [-0.15, -0.1) is 0 Å². The van der Waals surface area contributed by atoms with Crippen LogP contribution in [-0.2, 0) is 9.47 Å². The highest BCUT2D eigenvalue weighted by atomic mass is 32.1. The third kappa shape index (κ3) is 3.40. The van der Waals surface area contributed by atoms with Gasteiger partial charge in [0.1, 0.15) is 0 Å². The number of carbonyl (C=O) groups excluding carboxylic acids is 2.